The molecule has 1 aliphatic carbocycles. The van der Waals surface area contributed by atoms with Crippen molar-refractivity contribution in [3.05, 3.63) is 80.7 Å². The number of hydrogen-bond acceptors (Lipinski definition) is 5. The molecule has 35 heavy (non-hydrogen) atoms. The molecule has 4 rings (SSSR count). The number of cyclic esters (lactones) is 1. The summed E-state index contributed by atoms with van der Waals surface area (Å²) >= 11 is 0. The van der Waals surface area contributed by atoms with Gasteiger partial charge >= 0.3 is 5.97 Å². The Morgan fingerprint density at radius 3 is 2.57 bits per heavy atom. The van der Waals surface area contributed by atoms with Gasteiger partial charge in [-0.25, -0.2) is 9.18 Å². The van der Waals surface area contributed by atoms with Gasteiger partial charge in [0.25, 0.3) is 0 Å². The van der Waals surface area contributed by atoms with Crippen molar-refractivity contribution in [2.75, 3.05) is 0 Å². The summed E-state index contributed by atoms with van der Waals surface area (Å²) in [6.07, 6.45) is 6.69. The lowest BCUT2D eigenvalue weighted by Crippen LogP contribution is -2.46. The van der Waals surface area contributed by atoms with Crippen LogP contribution in [-0.4, -0.2) is 21.7 Å². The number of H-pyrrole nitrogens is 1. The molecule has 1 aromatic carbocycles. The van der Waals surface area contributed by atoms with Gasteiger partial charge in [0, 0.05) is 30.7 Å². The minimum Gasteiger partial charge on any atom is -0.512 e. The first-order chi connectivity index (χ1) is 16.6. The van der Waals surface area contributed by atoms with Crippen LogP contribution in [0.1, 0.15) is 69.1 Å². The quantitative estimate of drug-likeness (QED) is 0.534. The van der Waals surface area contributed by atoms with E-state index < -0.39 is 22.8 Å². The second-order valence-corrected chi connectivity index (χ2v) is 10.3. The minimum atomic E-state index is -0.927. The van der Waals surface area contributed by atoms with E-state index in [-0.39, 0.29) is 35.7 Å². The number of carbonyl (C=O) groups excluding carboxylic acids is 1. The smallest absolute Gasteiger partial charge is 0.338 e. The van der Waals surface area contributed by atoms with E-state index in [2.05, 4.69) is 11.1 Å². The van der Waals surface area contributed by atoms with E-state index in [1.165, 1.54) is 18.3 Å². The predicted octanol–water partition coefficient (Wildman–Crippen LogP) is 5.18. The average Bonchev–Trinajstić information content (AvgIpc) is 3.36. The molecule has 0 amide bonds. The van der Waals surface area contributed by atoms with E-state index >= 15 is 0 Å². The number of aliphatic hydroxyl groups excluding tert-OH is 1. The molecule has 2 N–H and O–H groups in total. The molecule has 6 nitrogen and oxygen atoms in total. The topological polar surface area (TPSA) is 103 Å². The van der Waals surface area contributed by atoms with Crippen LogP contribution in [0, 0.1) is 23.1 Å². The predicted molar refractivity (Wildman–Crippen MR) is 129 cm³/mol. The first kappa shape index (κ1) is 24.7. The summed E-state index contributed by atoms with van der Waals surface area (Å²) < 4.78 is 20.9. The van der Waals surface area contributed by atoms with Crippen molar-refractivity contribution in [2.24, 2.45) is 5.92 Å². The maximum atomic E-state index is 14.8. The number of aliphatic hydroxyl groups is 1. The summed E-state index contributed by atoms with van der Waals surface area (Å²) in [6, 6.07) is 10.1. The molecular formula is C28H31FN2O4. The first-order valence-corrected chi connectivity index (χ1v) is 12.2. The van der Waals surface area contributed by atoms with Gasteiger partial charge in [0.05, 0.1) is 17.1 Å². The van der Waals surface area contributed by atoms with Gasteiger partial charge < -0.3 is 14.8 Å². The second kappa shape index (κ2) is 9.69. The standard InChI is InChI=1S/C28H31FN2O4/c1-27(2,17-30)22-8-7-18(14-23(22)29)9-11-28(20-5-3-4-6-20)16-24(32)21(26(34)35-28)13-19-10-12-31-25(33)15-19/h7-8,10,12,14-15,20,32H,3-6,9,11,13,16H2,1-2H3,(H,31,33). The van der Waals surface area contributed by atoms with Crippen LogP contribution >= 0.6 is 0 Å². The molecule has 1 aliphatic heterocycles. The number of aryl methyl sites for hydroxylation is 1. The van der Waals surface area contributed by atoms with Gasteiger partial charge in [-0.15, -0.1) is 0 Å². The molecule has 184 valence electrons. The van der Waals surface area contributed by atoms with Crippen LogP contribution in [-0.2, 0) is 27.8 Å². The van der Waals surface area contributed by atoms with Gasteiger partial charge in [-0.2, -0.15) is 5.26 Å². The molecular weight excluding hydrogens is 447 g/mol. The van der Waals surface area contributed by atoms with Gasteiger partial charge in [-0.3, -0.25) is 4.79 Å². The maximum Gasteiger partial charge on any atom is 0.338 e. The second-order valence-electron chi connectivity index (χ2n) is 10.3. The van der Waals surface area contributed by atoms with Crippen molar-refractivity contribution < 1.29 is 19.0 Å². The van der Waals surface area contributed by atoms with E-state index in [1.807, 2.05) is 6.07 Å². The average molecular weight is 479 g/mol. The van der Waals surface area contributed by atoms with Crippen LogP contribution in [0.5, 0.6) is 0 Å². The number of rotatable bonds is 7. The zero-order chi connectivity index (χ0) is 25.2. The number of nitrogens with one attached hydrogen (secondary N) is 1. The highest BCUT2D eigenvalue weighted by molar-refractivity contribution is 5.90. The molecule has 0 saturated heterocycles. The fraction of sp³-hybridized carbons (Fsp3) is 0.464. The Bertz CT molecular complexity index is 1250. The highest BCUT2D eigenvalue weighted by Crippen LogP contribution is 2.46. The van der Waals surface area contributed by atoms with Crippen molar-refractivity contribution in [3.63, 3.8) is 0 Å². The number of aromatic nitrogens is 1. The lowest BCUT2D eigenvalue weighted by Gasteiger charge is -2.42. The molecule has 1 saturated carbocycles. The maximum absolute atomic E-state index is 14.8. The molecule has 2 aliphatic rings. The van der Waals surface area contributed by atoms with Gasteiger partial charge in [0.1, 0.15) is 17.2 Å². The SMILES string of the molecule is CC(C)(C#N)c1ccc(CCC2(C3CCCC3)CC(O)=C(Cc3cc[nH]c(=O)c3)C(=O)O2)cc1F. The molecule has 0 bridgehead atoms. The van der Waals surface area contributed by atoms with Crippen LogP contribution in [0.15, 0.2) is 52.7 Å². The number of ether oxygens (including phenoxy) is 1. The van der Waals surface area contributed by atoms with Crippen LogP contribution in [0.4, 0.5) is 4.39 Å². The third-order valence-corrected chi connectivity index (χ3v) is 7.50. The van der Waals surface area contributed by atoms with E-state index in [0.29, 0.717) is 24.0 Å². The number of carbonyl (C=O) groups is 1. The normalized spacial score (nSPS) is 21.1. The molecule has 1 aromatic heterocycles. The van der Waals surface area contributed by atoms with Gasteiger partial charge in [0.15, 0.2) is 0 Å². The van der Waals surface area contributed by atoms with E-state index in [9.17, 15) is 24.3 Å². The highest BCUT2D eigenvalue weighted by atomic mass is 19.1. The van der Waals surface area contributed by atoms with Crippen molar-refractivity contribution in [1.29, 1.82) is 5.26 Å². The van der Waals surface area contributed by atoms with Crippen molar-refractivity contribution >= 4 is 5.97 Å². The number of nitriles is 1. The number of pyridine rings is 1. The largest absolute Gasteiger partial charge is 0.512 e. The van der Waals surface area contributed by atoms with Crippen LogP contribution in [0.25, 0.3) is 0 Å². The molecule has 0 spiro atoms. The lowest BCUT2D eigenvalue weighted by molar-refractivity contribution is -0.167. The Balaban J connectivity index is 1.58. The number of benzene rings is 1. The summed E-state index contributed by atoms with van der Waals surface area (Å²) in [5, 5.41) is 20.3. The monoisotopic (exact) mass is 478 g/mol. The zero-order valence-electron chi connectivity index (χ0n) is 20.2. The molecule has 2 aromatic rings. The molecule has 1 fully saturated rings. The van der Waals surface area contributed by atoms with Crippen LogP contribution in [0.3, 0.4) is 0 Å². The summed E-state index contributed by atoms with van der Waals surface area (Å²) in [4.78, 5) is 27.3. The lowest BCUT2D eigenvalue weighted by atomic mass is 9.76. The third-order valence-electron chi connectivity index (χ3n) is 7.50. The Kier molecular flexibility index (Phi) is 6.84. The van der Waals surface area contributed by atoms with E-state index in [4.69, 9.17) is 4.74 Å². The Morgan fingerprint density at radius 1 is 1.20 bits per heavy atom. The van der Waals surface area contributed by atoms with E-state index in [0.717, 1.165) is 31.2 Å². The zero-order valence-corrected chi connectivity index (χ0v) is 20.2. The van der Waals surface area contributed by atoms with Gasteiger partial charge in [-0.05, 0) is 68.7 Å². The van der Waals surface area contributed by atoms with Crippen LogP contribution < -0.4 is 5.56 Å². The molecule has 1 unspecified atom stereocenters. The van der Waals surface area contributed by atoms with Crippen molar-refractivity contribution in [1.82, 2.24) is 4.98 Å². The summed E-state index contributed by atoms with van der Waals surface area (Å²) in [5.41, 5.74) is -0.146. The van der Waals surface area contributed by atoms with E-state index in [1.54, 1.807) is 26.0 Å². The number of aromatic amines is 1. The van der Waals surface area contributed by atoms with Gasteiger partial charge in [-0.1, -0.05) is 25.0 Å². The summed E-state index contributed by atoms with van der Waals surface area (Å²) in [7, 11) is 0. The fourth-order valence-electron chi connectivity index (χ4n) is 5.43. The molecule has 0 radical (unpaired) electrons. The number of hydrogen-bond donors (Lipinski definition) is 2. The number of halogens is 1. The van der Waals surface area contributed by atoms with Crippen molar-refractivity contribution in [3.8, 4) is 6.07 Å². The Hall–Kier alpha value is -3.40. The minimum absolute atomic E-state index is 0.00531. The number of nitrogens with zero attached hydrogens (tertiary/aromatic N) is 1. The Morgan fingerprint density at radius 2 is 1.94 bits per heavy atom. The molecule has 1 atom stereocenters. The third kappa shape index (κ3) is 5.17. The highest BCUT2D eigenvalue weighted by Gasteiger charge is 2.48. The van der Waals surface area contributed by atoms with Crippen LogP contribution in [0.2, 0.25) is 0 Å². The summed E-state index contributed by atoms with van der Waals surface area (Å²) in [5.74, 6) is -0.854. The number of esters is 1. The van der Waals surface area contributed by atoms with Crippen molar-refractivity contribution in [2.45, 2.75) is 76.2 Å². The summed E-state index contributed by atoms with van der Waals surface area (Å²) in [6.45, 7) is 3.36. The fourth-order valence-corrected chi connectivity index (χ4v) is 5.43. The molecule has 2 heterocycles. The first-order valence-electron chi connectivity index (χ1n) is 12.2. The molecule has 7 heteroatoms. The Labute approximate surface area is 204 Å². The van der Waals surface area contributed by atoms with Gasteiger partial charge in [0.2, 0.25) is 5.56 Å².